The Morgan fingerprint density at radius 2 is 1.85 bits per heavy atom. The summed E-state index contributed by atoms with van der Waals surface area (Å²) in [5, 5.41) is 8.51. The molecule has 0 aliphatic carbocycles. The van der Waals surface area contributed by atoms with Gasteiger partial charge in [0.15, 0.2) is 0 Å². The van der Waals surface area contributed by atoms with E-state index in [1.807, 2.05) is 0 Å². The van der Waals surface area contributed by atoms with Crippen LogP contribution in [0.15, 0.2) is 6.07 Å². The van der Waals surface area contributed by atoms with Crippen molar-refractivity contribution >= 4 is 0 Å². The van der Waals surface area contributed by atoms with E-state index < -0.39 is 48.2 Å². The summed E-state index contributed by atoms with van der Waals surface area (Å²) in [7, 11) is 0. The van der Waals surface area contributed by atoms with Crippen molar-refractivity contribution < 1.29 is 31.1 Å². The van der Waals surface area contributed by atoms with E-state index in [4.69, 9.17) is 11.0 Å². The van der Waals surface area contributed by atoms with Crippen LogP contribution < -0.4 is 10.5 Å². The fourth-order valence-corrected chi connectivity index (χ4v) is 1.40. The van der Waals surface area contributed by atoms with Crippen LogP contribution in [0, 0.1) is 11.3 Å². The van der Waals surface area contributed by atoms with Crippen LogP contribution in [0.1, 0.15) is 17.0 Å². The number of alkyl halides is 6. The number of rotatable bonds is 3. The minimum absolute atomic E-state index is 0.0966. The Labute approximate surface area is 108 Å². The van der Waals surface area contributed by atoms with Gasteiger partial charge in [0.25, 0.3) is 0 Å². The molecule has 0 unspecified atom stereocenters. The molecule has 1 aromatic rings. The van der Waals surface area contributed by atoms with Gasteiger partial charge in [0.2, 0.25) is 0 Å². The van der Waals surface area contributed by atoms with Crippen molar-refractivity contribution in [3.05, 3.63) is 23.0 Å². The van der Waals surface area contributed by atoms with Gasteiger partial charge in [0.05, 0.1) is 18.2 Å². The predicted octanol–water partition coefficient (Wildman–Crippen LogP) is 2.52. The number of ether oxygens (including phenoxy) is 1. The van der Waals surface area contributed by atoms with Crippen molar-refractivity contribution in [1.82, 2.24) is 4.98 Å². The van der Waals surface area contributed by atoms with Gasteiger partial charge >= 0.3 is 12.5 Å². The molecule has 0 fully saturated rings. The van der Waals surface area contributed by atoms with Gasteiger partial charge in [-0.15, -0.1) is 13.2 Å². The lowest BCUT2D eigenvalue weighted by atomic mass is 10.1. The first-order chi connectivity index (χ1) is 9.08. The fourth-order valence-electron chi connectivity index (χ4n) is 1.40. The number of aromatic nitrogens is 1. The Kier molecular flexibility index (Phi) is 4.44. The minimum atomic E-state index is -5.19. The molecule has 0 saturated heterocycles. The number of nitriles is 1. The van der Waals surface area contributed by atoms with Crippen LogP contribution in [0.4, 0.5) is 26.3 Å². The van der Waals surface area contributed by atoms with E-state index in [1.165, 1.54) is 6.07 Å². The topological polar surface area (TPSA) is 71.9 Å². The third kappa shape index (κ3) is 3.99. The first kappa shape index (κ1) is 16.0. The summed E-state index contributed by atoms with van der Waals surface area (Å²) in [5.74, 6) is -1.12. The van der Waals surface area contributed by atoms with Crippen LogP contribution in [-0.2, 0) is 19.1 Å². The smallest absolute Gasteiger partial charge is 0.405 e. The first-order valence-electron chi connectivity index (χ1n) is 5.01. The number of nitrogens with zero attached hydrogens (tertiary/aromatic N) is 2. The number of pyridine rings is 1. The summed E-state index contributed by atoms with van der Waals surface area (Å²) in [6.45, 7) is -0.560. The molecule has 0 radical (unpaired) electrons. The molecule has 0 aliphatic heterocycles. The number of hydrogen-bond acceptors (Lipinski definition) is 4. The van der Waals surface area contributed by atoms with Crippen molar-refractivity contribution in [1.29, 1.82) is 5.26 Å². The second-order valence-electron chi connectivity index (χ2n) is 3.52. The second kappa shape index (κ2) is 5.54. The third-order valence-corrected chi connectivity index (χ3v) is 2.13. The lowest BCUT2D eigenvalue weighted by Gasteiger charge is -2.16. The molecule has 0 aliphatic rings. The van der Waals surface area contributed by atoms with Crippen LogP contribution in [-0.4, -0.2) is 11.3 Å². The summed E-state index contributed by atoms with van der Waals surface area (Å²) >= 11 is 0. The zero-order valence-corrected chi connectivity index (χ0v) is 9.64. The summed E-state index contributed by atoms with van der Waals surface area (Å²) in [6, 6.07) is 1.62. The maximum atomic E-state index is 12.5. The van der Waals surface area contributed by atoms with E-state index in [0.717, 1.165) is 0 Å². The van der Waals surface area contributed by atoms with Gasteiger partial charge in [-0.2, -0.15) is 18.4 Å². The Balaban J connectivity index is 3.46. The van der Waals surface area contributed by atoms with Crippen LogP contribution in [0.5, 0.6) is 5.75 Å². The van der Waals surface area contributed by atoms with Gasteiger partial charge in [-0.1, -0.05) is 0 Å². The van der Waals surface area contributed by atoms with Crippen molar-refractivity contribution in [2.75, 3.05) is 0 Å². The van der Waals surface area contributed by atoms with Crippen molar-refractivity contribution in [2.45, 2.75) is 25.5 Å². The standard InChI is InChI=1S/C10H7F6N3O/c11-9(12,13)8-3-7(20-10(14,15)16)5(1-2-17)6(4-18)19-8/h3H,1,4,18H2. The molecular weight excluding hydrogens is 292 g/mol. The Bertz CT molecular complexity index is 532. The van der Waals surface area contributed by atoms with Crippen LogP contribution in [0.25, 0.3) is 0 Å². The van der Waals surface area contributed by atoms with E-state index >= 15 is 0 Å². The van der Waals surface area contributed by atoms with Gasteiger partial charge in [0, 0.05) is 18.2 Å². The molecular formula is C10H7F6N3O. The average molecular weight is 299 g/mol. The Hall–Kier alpha value is -2.02. The SMILES string of the molecule is N#CCc1c(OC(F)(F)F)cc(C(F)(F)F)nc1CN. The lowest BCUT2D eigenvalue weighted by Crippen LogP contribution is -2.21. The molecule has 0 saturated carbocycles. The van der Waals surface area contributed by atoms with E-state index in [2.05, 4.69) is 9.72 Å². The van der Waals surface area contributed by atoms with Gasteiger partial charge in [-0.25, -0.2) is 4.98 Å². The molecule has 0 spiro atoms. The molecule has 110 valence electrons. The summed E-state index contributed by atoms with van der Waals surface area (Å²) in [5.41, 5.74) is 2.69. The molecule has 2 N–H and O–H groups in total. The van der Waals surface area contributed by atoms with Crippen molar-refractivity contribution in [2.24, 2.45) is 5.73 Å². The largest absolute Gasteiger partial charge is 0.573 e. The van der Waals surface area contributed by atoms with Gasteiger partial charge in [0.1, 0.15) is 11.4 Å². The summed E-state index contributed by atoms with van der Waals surface area (Å²) in [4.78, 5) is 3.12. The quantitative estimate of drug-likeness (QED) is 0.870. The van der Waals surface area contributed by atoms with Crippen LogP contribution in [0.2, 0.25) is 0 Å². The molecule has 1 rings (SSSR count). The van der Waals surface area contributed by atoms with Crippen LogP contribution >= 0.6 is 0 Å². The number of nitrogens with two attached hydrogens (primary N) is 1. The molecule has 1 aromatic heterocycles. The first-order valence-corrected chi connectivity index (χ1v) is 5.01. The molecule has 4 nitrogen and oxygen atoms in total. The molecule has 0 bridgehead atoms. The molecule has 1 heterocycles. The van der Waals surface area contributed by atoms with Gasteiger partial charge < -0.3 is 10.5 Å². The highest BCUT2D eigenvalue weighted by Gasteiger charge is 2.37. The minimum Gasteiger partial charge on any atom is -0.405 e. The molecule has 20 heavy (non-hydrogen) atoms. The lowest BCUT2D eigenvalue weighted by molar-refractivity contribution is -0.275. The zero-order chi connectivity index (χ0) is 15.6. The monoisotopic (exact) mass is 299 g/mol. The molecule has 0 atom stereocenters. The van der Waals surface area contributed by atoms with E-state index in [9.17, 15) is 26.3 Å². The predicted molar refractivity (Wildman–Crippen MR) is 53.1 cm³/mol. The highest BCUT2D eigenvalue weighted by Crippen LogP contribution is 2.35. The fraction of sp³-hybridized carbons (Fsp3) is 0.400. The van der Waals surface area contributed by atoms with E-state index in [1.54, 1.807) is 0 Å². The number of halogens is 6. The second-order valence-corrected chi connectivity index (χ2v) is 3.52. The highest BCUT2D eigenvalue weighted by molar-refractivity contribution is 5.41. The highest BCUT2D eigenvalue weighted by atomic mass is 19.4. The maximum absolute atomic E-state index is 12.5. The van der Waals surface area contributed by atoms with Crippen molar-refractivity contribution in [3.8, 4) is 11.8 Å². The zero-order valence-electron chi connectivity index (χ0n) is 9.64. The third-order valence-electron chi connectivity index (χ3n) is 2.13. The van der Waals surface area contributed by atoms with Gasteiger partial charge in [-0.3, -0.25) is 0 Å². The van der Waals surface area contributed by atoms with E-state index in [-0.39, 0.29) is 6.07 Å². The van der Waals surface area contributed by atoms with Crippen molar-refractivity contribution in [3.63, 3.8) is 0 Å². The summed E-state index contributed by atoms with van der Waals surface area (Å²) < 4.78 is 77.7. The molecule has 0 amide bonds. The maximum Gasteiger partial charge on any atom is 0.573 e. The molecule has 10 heteroatoms. The Morgan fingerprint density at radius 1 is 1.25 bits per heavy atom. The Morgan fingerprint density at radius 3 is 2.25 bits per heavy atom. The number of hydrogen-bond donors (Lipinski definition) is 1. The average Bonchev–Trinajstić information content (AvgIpc) is 2.27. The van der Waals surface area contributed by atoms with Gasteiger partial charge in [-0.05, 0) is 0 Å². The van der Waals surface area contributed by atoms with E-state index in [0.29, 0.717) is 0 Å². The molecule has 0 aromatic carbocycles. The summed E-state index contributed by atoms with van der Waals surface area (Å²) in [6.07, 6.45) is -10.8. The van der Waals surface area contributed by atoms with Crippen LogP contribution in [0.3, 0.4) is 0 Å². The normalized spacial score (nSPS) is 12.1.